The molecule has 0 aliphatic carbocycles. The summed E-state index contributed by atoms with van der Waals surface area (Å²) in [4.78, 5) is 26.7. The van der Waals surface area contributed by atoms with Crippen molar-refractivity contribution >= 4 is 11.8 Å². The second-order valence-corrected chi connectivity index (χ2v) is 4.94. The van der Waals surface area contributed by atoms with Crippen LogP contribution in [0.15, 0.2) is 18.2 Å². The molecular formula is C16H20N2O3. The van der Waals surface area contributed by atoms with Crippen molar-refractivity contribution in [3.05, 3.63) is 34.9 Å². The van der Waals surface area contributed by atoms with Gasteiger partial charge in [-0.05, 0) is 24.6 Å². The molecule has 0 radical (unpaired) electrons. The van der Waals surface area contributed by atoms with Gasteiger partial charge in [-0.25, -0.2) is 0 Å². The van der Waals surface area contributed by atoms with Crippen LogP contribution in [0, 0.1) is 18.8 Å². The summed E-state index contributed by atoms with van der Waals surface area (Å²) in [6.45, 7) is 1.68. The minimum Gasteiger partial charge on any atom is -0.384 e. The van der Waals surface area contributed by atoms with Crippen molar-refractivity contribution in [2.45, 2.75) is 6.92 Å². The second-order valence-electron chi connectivity index (χ2n) is 4.94. The molecule has 1 N–H and O–H groups in total. The van der Waals surface area contributed by atoms with E-state index < -0.39 is 0 Å². The lowest BCUT2D eigenvalue weighted by Crippen LogP contribution is -2.37. The molecule has 1 rings (SSSR count). The Morgan fingerprint density at radius 2 is 1.90 bits per heavy atom. The van der Waals surface area contributed by atoms with Crippen molar-refractivity contribution in [2.75, 3.05) is 34.3 Å². The molecule has 5 heteroatoms. The molecule has 112 valence electrons. The fourth-order valence-electron chi connectivity index (χ4n) is 1.66. The first kappa shape index (κ1) is 16.7. The maximum Gasteiger partial charge on any atom is 0.254 e. The van der Waals surface area contributed by atoms with Crippen LogP contribution in [0.4, 0.5) is 0 Å². The van der Waals surface area contributed by atoms with Gasteiger partial charge < -0.3 is 14.9 Å². The number of amides is 2. The van der Waals surface area contributed by atoms with Gasteiger partial charge in [0.2, 0.25) is 5.91 Å². The number of carbonyl (C=O) groups is 2. The van der Waals surface area contributed by atoms with Gasteiger partial charge in [0.15, 0.2) is 0 Å². The first-order chi connectivity index (χ1) is 9.86. The zero-order valence-corrected chi connectivity index (χ0v) is 12.8. The van der Waals surface area contributed by atoms with Gasteiger partial charge in [0, 0.05) is 32.3 Å². The number of rotatable bonds is 3. The van der Waals surface area contributed by atoms with Crippen molar-refractivity contribution in [1.82, 2.24) is 9.80 Å². The minimum absolute atomic E-state index is 0.0252. The van der Waals surface area contributed by atoms with E-state index in [9.17, 15) is 9.59 Å². The monoisotopic (exact) mass is 288 g/mol. The highest BCUT2D eigenvalue weighted by molar-refractivity contribution is 5.96. The molecule has 0 unspecified atom stereocenters. The molecule has 0 aliphatic rings. The van der Waals surface area contributed by atoms with Gasteiger partial charge in [-0.2, -0.15) is 0 Å². The molecule has 5 nitrogen and oxygen atoms in total. The summed E-state index contributed by atoms with van der Waals surface area (Å²) in [5.74, 6) is 5.00. The molecule has 21 heavy (non-hydrogen) atoms. The molecule has 0 spiro atoms. The van der Waals surface area contributed by atoms with Crippen molar-refractivity contribution in [1.29, 1.82) is 0 Å². The third kappa shape index (κ3) is 4.62. The van der Waals surface area contributed by atoms with E-state index >= 15 is 0 Å². The van der Waals surface area contributed by atoms with Crippen molar-refractivity contribution in [3.8, 4) is 11.8 Å². The fourth-order valence-corrected chi connectivity index (χ4v) is 1.66. The molecule has 1 aromatic rings. The number of aliphatic hydroxyl groups is 1. The van der Waals surface area contributed by atoms with E-state index in [1.54, 1.807) is 39.3 Å². The number of aryl methyl sites for hydroxylation is 1. The molecule has 0 aliphatic heterocycles. The fraction of sp³-hybridized carbons (Fsp3) is 0.375. The maximum atomic E-state index is 12.3. The molecule has 0 heterocycles. The van der Waals surface area contributed by atoms with Gasteiger partial charge in [-0.15, -0.1) is 0 Å². The van der Waals surface area contributed by atoms with E-state index in [1.807, 2.05) is 6.92 Å². The summed E-state index contributed by atoms with van der Waals surface area (Å²) in [7, 11) is 4.88. The number of benzene rings is 1. The zero-order chi connectivity index (χ0) is 16.0. The standard InChI is InChI=1S/C16H20N2O3/c1-12-7-8-14(10-13(12)6-5-9-19)16(21)18(4)11-15(20)17(2)3/h7-8,10,19H,9,11H2,1-4H3. The largest absolute Gasteiger partial charge is 0.384 e. The van der Waals surface area contributed by atoms with Crippen LogP contribution in [0.1, 0.15) is 21.5 Å². The van der Waals surface area contributed by atoms with Gasteiger partial charge in [-0.1, -0.05) is 17.9 Å². The summed E-state index contributed by atoms with van der Waals surface area (Å²) in [6, 6.07) is 5.19. The van der Waals surface area contributed by atoms with Gasteiger partial charge in [-0.3, -0.25) is 9.59 Å². The normalized spacial score (nSPS) is 9.57. The van der Waals surface area contributed by atoms with Crippen LogP contribution in [0.5, 0.6) is 0 Å². The minimum atomic E-state index is -0.239. The smallest absolute Gasteiger partial charge is 0.254 e. The van der Waals surface area contributed by atoms with Gasteiger partial charge in [0.05, 0.1) is 6.54 Å². The quantitative estimate of drug-likeness (QED) is 0.824. The number of carbonyl (C=O) groups excluding carboxylic acids is 2. The molecule has 1 aromatic carbocycles. The molecular weight excluding hydrogens is 268 g/mol. The van der Waals surface area contributed by atoms with Crippen LogP contribution in [-0.2, 0) is 4.79 Å². The Kier molecular flexibility index (Phi) is 5.94. The Bertz CT molecular complexity index is 597. The summed E-state index contributed by atoms with van der Waals surface area (Å²) < 4.78 is 0. The first-order valence-corrected chi connectivity index (χ1v) is 6.52. The number of hydrogen-bond acceptors (Lipinski definition) is 3. The highest BCUT2D eigenvalue weighted by atomic mass is 16.2. The van der Waals surface area contributed by atoms with E-state index in [4.69, 9.17) is 5.11 Å². The first-order valence-electron chi connectivity index (χ1n) is 6.52. The Morgan fingerprint density at radius 3 is 2.48 bits per heavy atom. The van der Waals surface area contributed by atoms with Gasteiger partial charge in [0.1, 0.15) is 6.61 Å². The van der Waals surface area contributed by atoms with Crippen LogP contribution in [0.25, 0.3) is 0 Å². The highest BCUT2D eigenvalue weighted by Gasteiger charge is 2.16. The Labute approximate surface area is 125 Å². The average Bonchev–Trinajstić information content (AvgIpc) is 2.45. The lowest BCUT2D eigenvalue weighted by molar-refractivity contribution is -0.129. The Hall–Kier alpha value is -2.32. The average molecular weight is 288 g/mol. The molecule has 0 fully saturated rings. The summed E-state index contributed by atoms with van der Waals surface area (Å²) in [5, 5.41) is 8.75. The van der Waals surface area contributed by atoms with Crippen molar-refractivity contribution in [2.24, 2.45) is 0 Å². The Morgan fingerprint density at radius 1 is 1.24 bits per heavy atom. The third-order valence-corrected chi connectivity index (χ3v) is 3.00. The maximum absolute atomic E-state index is 12.3. The summed E-state index contributed by atoms with van der Waals surface area (Å²) in [6.07, 6.45) is 0. The van der Waals surface area contributed by atoms with Crippen LogP contribution in [0.2, 0.25) is 0 Å². The number of nitrogens with zero attached hydrogens (tertiary/aromatic N) is 2. The van der Waals surface area contributed by atoms with E-state index in [0.29, 0.717) is 11.1 Å². The second kappa shape index (κ2) is 7.46. The Balaban J connectivity index is 2.94. The van der Waals surface area contributed by atoms with E-state index in [-0.39, 0.29) is 25.0 Å². The van der Waals surface area contributed by atoms with Crippen LogP contribution in [-0.4, -0.2) is 61.0 Å². The van der Waals surface area contributed by atoms with E-state index in [1.165, 1.54) is 9.80 Å². The van der Waals surface area contributed by atoms with E-state index in [0.717, 1.165) is 5.56 Å². The number of aliphatic hydroxyl groups excluding tert-OH is 1. The lowest BCUT2D eigenvalue weighted by Gasteiger charge is -2.19. The number of hydrogen-bond donors (Lipinski definition) is 1. The molecule has 0 saturated carbocycles. The van der Waals surface area contributed by atoms with Gasteiger partial charge >= 0.3 is 0 Å². The SMILES string of the molecule is Cc1ccc(C(=O)N(C)CC(=O)N(C)C)cc1C#CCO. The van der Waals surface area contributed by atoms with Crippen LogP contribution < -0.4 is 0 Å². The molecule has 2 amide bonds. The third-order valence-electron chi connectivity index (χ3n) is 3.00. The predicted octanol–water partition coefficient (Wildman–Crippen LogP) is 0.499. The van der Waals surface area contributed by atoms with Crippen LogP contribution in [0.3, 0.4) is 0 Å². The number of likely N-dealkylation sites (N-methyl/N-ethyl adjacent to an activating group) is 2. The van der Waals surface area contributed by atoms with Crippen LogP contribution >= 0.6 is 0 Å². The highest BCUT2D eigenvalue weighted by Crippen LogP contribution is 2.12. The van der Waals surface area contributed by atoms with Gasteiger partial charge in [0.25, 0.3) is 5.91 Å². The zero-order valence-electron chi connectivity index (χ0n) is 12.8. The molecule has 0 saturated heterocycles. The lowest BCUT2D eigenvalue weighted by atomic mass is 10.0. The summed E-state index contributed by atoms with van der Waals surface area (Å²) in [5.41, 5.74) is 2.10. The predicted molar refractivity (Wildman–Crippen MR) is 80.8 cm³/mol. The molecule has 0 aromatic heterocycles. The van der Waals surface area contributed by atoms with Crippen molar-refractivity contribution in [3.63, 3.8) is 0 Å². The van der Waals surface area contributed by atoms with E-state index in [2.05, 4.69) is 11.8 Å². The topological polar surface area (TPSA) is 60.9 Å². The molecule has 0 atom stereocenters. The van der Waals surface area contributed by atoms with Crippen molar-refractivity contribution < 1.29 is 14.7 Å². The summed E-state index contributed by atoms with van der Waals surface area (Å²) >= 11 is 0. The molecule has 0 bridgehead atoms.